The first-order valence-electron chi connectivity index (χ1n) is 6.44. The van der Waals surface area contributed by atoms with Crippen LogP contribution in [0.5, 0.6) is 0 Å². The fourth-order valence-corrected chi connectivity index (χ4v) is 2.11. The van der Waals surface area contributed by atoms with Crippen molar-refractivity contribution in [2.75, 3.05) is 20.7 Å². The summed E-state index contributed by atoms with van der Waals surface area (Å²) in [5.41, 5.74) is 8.45. The maximum Gasteiger partial charge on any atom is 0.0736 e. The van der Waals surface area contributed by atoms with Gasteiger partial charge in [0.05, 0.1) is 11.6 Å². The standard InChI is InChI=1S/C15H26N2O/c1-12-8-6-7-9-14(12)10-17(4)15(3,11-16)13(2)18-5/h6-9,13H,10-11,16H2,1-5H3. The van der Waals surface area contributed by atoms with Gasteiger partial charge in [0.2, 0.25) is 0 Å². The third kappa shape index (κ3) is 3.10. The van der Waals surface area contributed by atoms with Crippen LogP contribution in [0.2, 0.25) is 0 Å². The van der Waals surface area contributed by atoms with Crippen LogP contribution in [0, 0.1) is 6.92 Å². The van der Waals surface area contributed by atoms with Crippen LogP contribution in [-0.4, -0.2) is 37.2 Å². The van der Waals surface area contributed by atoms with Crippen molar-refractivity contribution in [2.24, 2.45) is 5.73 Å². The van der Waals surface area contributed by atoms with E-state index in [2.05, 4.69) is 57.0 Å². The van der Waals surface area contributed by atoms with Gasteiger partial charge in [-0.2, -0.15) is 0 Å². The molecule has 2 N–H and O–H groups in total. The van der Waals surface area contributed by atoms with E-state index in [1.165, 1.54) is 11.1 Å². The van der Waals surface area contributed by atoms with E-state index in [9.17, 15) is 0 Å². The van der Waals surface area contributed by atoms with E-state index in [1.54, 1.807) is 7.11 Å². The number of nitrogens with zero attached hydrogens (tertiary/aromatic N) is 1. The maximum atomic E-state index is 5.95. The zero-order valence-electron chi connectivity index (χ0n) is 12.2. The Morgan fingerprint density at radius 1 is 1.39 bits per heavy atom. The van der Waals surface area contributed by atoms with Crippen molar-refractivity contribution in [3.05, 3.63) is 35.4 Å². The Labute approximate surface area is 111 Å². The van der Waals surface area contributed by atoms with Crippen molar-refractivity contribution in [2.45, 2.75) is 39.0 Å². The third-order valence-electron chi connectivity index (χ3n) is 4.18. The van der Waals surface area contributed by atoms with Crippen molar-refractivity contribution in [1.29, 1.82) is 0 Å². The Morgan fingerprint density at radius 2 is 2.00 bits per heavy atom. The van der Waals surface area contributed by atoms with Crippen molar-refractivity contribution in [3.63, 3.8) is 0 Å². The molecule has 0 amide bonds. The summed E-state index contributed by atoms with van der Waals surface area (Å²) < 4.78 is 5.47. The van der Waals surface area contributed by atoms with E-state index in [0.717, 1.165) is 6.54 Å². The lowest BCUT2D eigenvalue weighted by Gasteiger charge is -2.42. The van der Waals surface area contributed by atoms with E-state index in [4.69, 9.17) is 10.5 Å². The highest BCUT2D eigenvalue weighted by atomic mass is 16.5. The van der Waals surface area contributed by atoms with Gasteiger partial charge in [0, 0.05) is 20.2 Å². The zero-order valence-corrected chi connectivity index (χ0v) is 12.2. The second-order valence-electron chi connectivity index (χ2n) is 5.22. The van der Waals surface area contributed by atoms with Crippen molar-refractivity contribution in [1.82, 2.24) is 4.90 Å². The highest BCUT2D eigenvalue weighted by molar-refractivity contribution is 5.25. The lowest BCUT2D eigenvalue weighted by Crippen LogP contribution is -2.57. The SMILES string of the molecule is COC(C)C(C)(CN)N(C)Cc1ccccc1C. The predicted octanol–water partition coefficient (Wildman–Crippen LogP) is 2.18. The maximum absolute atomic E-state index is 5.95. The van der Waals surface area contributed by atoms with Crippen molar-refractivity contribution < 1.29 is 4.74 Å². The molecule has 2 unspecified atom stereocenters. The molecule has 1 aromatic rings. The number of likely N-dealkylation sites (N-methyl/N-ethyl adjacent to an activating group) is 1. The molecule has 1 aromatic carbocycles. The summed E-state index contributed by atoms with van der Waals surface area (Å²) in [6.45, 7) is 7.82. The van der Waals surface area contributed by atoms with E-state index < -0.39 is 0 Å². The molecule has 3 nitrogen and oxygen atoms in total. The van der Waals surface area contributed by atoms with Gasteiger partial charge in [0.1, 0.15) is 0 Å². The van der Waals surface area contributed by atoms with E-state index in [-0.39, 0.29) is 11.6 Å². The van der Waals surface area contributed by atoms with Gasteiger partial charge < -0.3 is 10.5 Å². The van der Waals surface area contributed by atoms with Gasteiger partial charge in [-0.25, -0.2) is 0 Å². The number of nitrogens with two attached hydrogens (primary N) is 1. The minimum atomic E-state index is -0.156. The van der Waals surface area contributed by atoms with Gasteiger partial charge >= 0.3 is 0 Å². The van der Waals surface area contributed by atoms with Gasteiger partial charge in [-0.1, -0.05) is 24.3 Å². The molecule has 18 heavy (non-hydrogen) atoms. The van der Waals surface area contributed by atoms with Crippen LogP contribution in [-0.2, 0) is 11.3 Å². The van der Waals surface area contributed by atoms with Gasteiger partial charge in [0.25, 0.3) is 0 Å². The Morgan fingerprint density at radius 3 is 2.50 bits per heavy atom. The fourth-order valence-electron chi connectivity index (χ4n) is 2.11. The molecular formula is C15H26N2O. The number of benzene rings is 1. The molecular weight excluding hydrogens is 224 g/mol. The van der Waals surface area contributed by atoms with Gasteiger partial charge in [-0.15, -0.1) is 0 Å². The van der Waals surface area contributed by atoms with Gasteiger partial charge in [-0.05, 0) is 38.9 Å². The second-order valence-corrected chi connectivity index (χ2v) is 5.22. The lowest BCUT2D eigenvalue weighted by atomic mass is 9.93. The summed E-state index contributed by atoms with van der Waals surface area (Å²) in [4.78, 5) is 2.28. The molecule has 3 heteroatoms. The van der Waals surface area contributed by atoms with Gasteiger partial charge in [-0.3, -0.25) is 4.90 Å². The molecule has 0 saturated carbocycles. The molecule has 0 spiro atoms. The molecule has 0 radical (unpaired) electrons. The van der Waals surface area contributed by atoms with E-state index in [1.807, 2.05) is 0 Å². The topological polar surface area (TPSA) is 38.5 Å². The molecule has 0 fully saturated rings. The third-order valence-corrected chi connectivity index (χ3v) is 4.18. The molecule has 0 aromatic heterocycles. The monoisotopic (exact) mass is 250 g/mol. The Hall–Kier alpha value is -0.900. The number of rotatable bonds is 6. The van der Waals surface area contributed by atoms with Crippen molar-refractivity contribution in [3.8, 4) is 0 Å². The molecule has 1 rings (SSSR count). The molecule has 0 aliphatic rings. The summed E-state index contributed by atoms with van der Waals surface area (Å²) in [5, 5.41) is 0. The number of hydrogen-bond acceptors (Lipinski definition) is 3. The molecule has 102 valence electrons. The lowest BCUT2D eigenvalue weighted by molar-refractivity contribution is -0.0230. The summed E-state index contributed by atoms with van der Waals surface area (Å²) in [5.74, 6) is 0. The number of ether oxygens (including phenoxy) is 1. The minimum Gasteiger partial charge on any atom is -0.380 e. The van der Waals surface area contributed by atoms with E-state index >= 15 is 0 Å². The molecule has 0 aliphatic heterocycles. The first kappa shape index (κ1) is 15.2. The molecule has 0 aliphatic carbocycles. The second kappa shape index (κ2) is 6.32. The first-order valence-corrected chi connectivity index (χ1v) is 6.44. The summed E-state index contributed by atoms with van der Waals surface area (Å²) in [7, 11) is 3.84. The van der Waals surface area contributed by atoms with E-state index in [0.29, 0.717) is 6.54 Å². The van der Waals surface area contributed by atoms with Gasteiger partial charge in [0.15, 0.2) is 0 Å². The average Bonchev–Trinajstić information content (AvgIpc) is 2.39. The number of methoxy groups -OCH3 is 1. The van der Waals surface area contributed by atoms with Crippen LogP contribution in [0.4, 0.5) is 0 Å². The molecule has 0 bridgehead atoms. The van der Waals surface area contributed by atoms with Crippen molar-refractivity contribution >= 4 is 0 Å². The van der Waals surface area contributed by atoms with Crippen LogP contribution in [0.1, 0.15) is 25.0 Å². The Balaban J connectivity index is 2.86. The first-order chi connectivity index (χ1) is 8.45. The molecule has 0 saturated heterocycles. The van der Waals surface area contributed by atoms with Crippen LogP contribution in [0.15, 0.2) is 24.3 Å². The zero-order chi connectivity index (χ0) is 13.8. The fraction of sp³-hybridized carbons (Fsp3) is 0.600. The number of hydrogen-bond donors (Lipinski definition) is 1. The smallest absolute Gasteiger partial charge is 0.0736 e. The highest BCUT2D eigenvalue weighted by Gasteiger charge is 2.34. The summed E-state index contributed by atoms with van der Waals surface area (Å²) >= 11 is 0. The largest absolute Gasteiger partial charge is 0.380 e. The predicted molar refractivity (Wildman–Crippen MR) is 76.6 cm³/mol. The minimum absolute atomic E-state index is 0.0940. The summed E-state index contributed by atoms with van der Waals surface area (Å²) in [6.07, 6.45) is 0.0940. The molecule has 0 heterocycles. The van der Waals surface area contributed by atoms with Crippen LogP contribution < -0.4 is 5.73 Å². The molecule has 2 atom stereocenters. The normalized spacial score (nSPS) is 16.6. The highest BCUT2D eigenvalue weighted by Crippen LogP contribution is 2.22. The quantitative estimate of drug-likeness (QED) is 0.841. The van der Waals surface area contributed by atoms with Crippen LogP contribution >= 0.6 is 0 Å². The average molecular weight is 250 g/mol. The van der Waals surface area contributed by atoms with Crippen LogP contribution in [0.25, 0.3) is 0 Å². The Bertz CT molecular complexity index is 381. The van der Waals surface area contributed by atoms with Crippen LogP contribution in [0.3, 0.4) is 0 Å². The number of aryl methyl sites for hydroxylation is 1. The Kier molecular flexibility index (Phi) is 5.32. The summed E-state index contributed by atoms with van der Waals surface area (Å²) in [6, 6.07) is 8.46.